The summed E-state index contributed by atoms with van der Waals surface area (Å²) in [6.45, 7) is 0. The number of hydrogen-bond acceptors (Lipinski definition) is 9. The molecule has 0 aromatic heterocycles. The average Bonchev–Trinajstić information content (AvgIpc) is 2.54. The molecule has 0 aliphatic carbocycles. The zero-order valence-corrected chi connectivity index (χ0v) is 12.7. The molecule has 0 saturated carbocycles. The first-order valence-corrected chi connectivity index (χ1v) is 7.06. The Balaban J connectivity index is 2.43. The molecule has 0 heterocycles. The average molecular weight is 366 g/mol. The van der Waals surface area contributed by atoms with Gasteiger partial charge < -0.3 is 0 Å². The maximum atomic E-state index is 10.9. The summed E-state index contributed by atoms with van der Waals surface area (Å²) in [6, 6.07) is 6.28. The molecule has 0 aliphatic rings. The first kappa shape index (κ1) is 17.7. The molecule has 0 unspecified atom stereocenters. The largest absolute Gasteiger partial charge is 0.347 e. The molecule has 0 saturated heterocycles. The number of nitro groups is 4. The van der Waals surface area contributed by atoms with Gasteiger partial charge in [-0.2, -0.15) is 0 Å². The van der Waals surface area contributed by atoms with Gasteiger partial charge in [-0.3, -0.25) is 40.5 Å². The van der Waals surface area contributed by atoms with Crippen molar-refractivity contribution in [1.29, 1.82) is 0 Å². The Bertz CT molecular complexity index is 842. The maximum Gasteiger partial charge on any atom is 0.347 e. The van der Waals surface area contributed by atoms with Gasteiger partial charge in [-0.1, -0.05) is 11.8 Å². The van der Waals surface area contributed by atoms with Gasteiger partial charge >= 0.3 is 22.7 Å². The SMILES string of the molecule is O=[N+]([O-])c1ccc(Sc2ccc([N+](=O)[O-])c([N+](=O)[O-])c2)cc1[N+](=O)[O-]. The van der Waals surface area contributed by atoms with Crippen LogP contribution in [0.25, 0.3) is 0 Å². The van der Waals surface area contributed by atoms with Crippen molar-refractivity contribution in [3.63, 3.8) is 0 Å². The Morgan fingerprint density at radius 2 is 0.880 bits per heavy atom. The number of rotatable bonds is 6. The van der Waals surface area contributed by atoms with Gasteiger partial charge in [-0.05, 0) is 12.1 Å². The van der Waals surface area contributed by atoms with Crippen LogP contribution >= 0.6 is 11.8 Å². The molecule has 128 valence electrons. The molecule has 12 nitrogen and oxygen atoms in total. The lowest BCUT2D eigenvalue weighted by atomic mass is 10.3. The van der Waals surface area contributed by atoms with Crippen LogP contribution in [0.3, 0.4) is 0 Å². The van der Waals surface area contributed by atoms with Gasteiger partial charge in [0.1, 0.15) is 0 Å². The fourth-order valence-corrected chi connectivity index (χ4v) is 2.76. The van der Waals surface area contributed by atoms with E-state index in [-0.39, 0.29) is 9.79 Å². The summed E-state index contributed by atoms with van der Waals surface area (Å²) in [5.74, 6) is 0. The fourth-order valence-electron chi connectivity index (χ4n) is 1.87. The minimum Gasteiger partial charge on any atom is -0.258 e. The Morgan fingerprint density at radius 3 is 1.16 bits per heavy atom. The van der Waals surface area contributed by atoms with Crippen LogP contribution in [0.5, 0.6) is 0 Å². The predicted molar refractivity (Wildman–Crippen MR) is 83.6 cm³/mol. The van der Waals surface area contributed by atoms with Crippen molar-refractivity contribution in [2.45, 2.75) is 9.79 Å². The van der Waals surface area contributed by atoms with Crippen molar-refractivity contribution in [2.75, 3.05) is 0 Å². The van der Waals surface area contributed by atoms with E-state index < -0.39 is 42.4 Å². The second-order valence-electron chi connectivity index (χ2n) is 4.43. The zero-order valence-electron chi connectivity index (χ0n) is 11.9. The Labute approximate surface area is 141 Å². The van der Waals surface area contributed by atoms with E-state index in [1.54, 1.807) is 0 Å². The van der Waals surface area contributed by atoms with E-state index in [0.717, 1.165) is 36.0 Å². The van der Waals surface area contributed by atoms with Crippen LogP contribution in [-0.2, 0) is 0 Å². The van der Waals surface area contributed by atoms with E-state index >= 15 is 0 Å². The molecule has 0 atom stereocenters. The minimum atomic E-state index is -0.916. The number of benzene rings is 2. The van der Waals surface area contributed by atoms with Gasteiger partial charge in [-0.15, -0.1) is 0 Å². The smallest absolute Gasteiger partial charge is 0.258 e. The summed E-state index contributed by atoms with van der Waals surface area (Å²) in [7, 11) is 0. The molecular formula is C12H6N4O8S. The number of nitrogens with zero attached hydrogens (tertiary/aromatic N) is 4. The molecule has 0 bridgehead atoms. The molecule has 0 N–H and O–H groups in total. The van der Waals surface area contributed by atoms with E-state index in [9.17, 15) is 40.5 Å². The van der Waals surface area contributed by atoms with Crippen molar-refractivity contribution in [3.05, 3.63) is 76.9 Å². The van der Waals surface area contributed by atoms with E-state index in [4.69, 9.17) is 0 Å². The normalized spacial score (nSPS) is 10.2. The highest BCUT2D eigenvalue weighted by Gasteiger charge is 2.26. The van der Waals surface area contributed by atoms with Crippen molar-refractivity contribution in [1.82, 2.24) is 0 Å². The molecule has 0 fully saturated rings. The van der Waals surface area contributed by atoms with Crippen LogP contribution in [0.4, 0.5) is 22.7 Å². The summed E-state index contributed by atoms with van der Waals surface area (Å²) in [5.41, 5.74) is -2.84. The lowest BCUT2D eigenvalue weighted by molar-refractivity contribution is -0.422. The van der Waals surface area contributed by atoms with Crippen molar-refractivity contribution in [3.8, 4) is 0 Å². The molecule has 13 heteroatoms. The Kier molecular flexibility index (Phi) is 4.88. The van der Waals surface area contributed by atoms with Gasteiger partial charge in [0.05, 0.1) is 19.7 Å². The summed E-state index contributed by atoms with van der Waals surface area (Å²) in [5, 5.41) is 43.4. The lowest BCUT2D eigenvalue weighted by Gasteiger charge is -2.03. The molecule has 2 rings (SSSR count). The van der Waals surface area contributed by atoms with Gasteiger partial charge in [0.25, 0.3) is 0 Å². The molecule has 25 heavy (non-hydrogen) atoms. The highest BCUT2D eigenvalue weighted by atomic mass is 32.2. The highest BCUT2D eigenvalue weighted by molar-refractivity contribution is 7.99. The van der Waals surface area contributed by atoms with E-state index in [1.807, 2.05) is 0 Å². The van der Waals surface area contributed by atoms with Crippen LogP contribution in [0, 0.1) is 40.5 Å². The maximum absolute atomic E-state index is 10.9. The third-order valence-electron chi connectivity index (χ3n) is 2.92. The van der Waals surface area contributed by atoms with Gasteiger partial charge in [0.15, 0.2) is 0 Å². The topological polar surface area (TPSA) is 173 Å². The lowest BCUT2D eigenvalue weighted by Crippen LogP contribution is -1.97. The van der Waals surface area contributed by atoms with Crippen LogP contribution in [-0.4, -0.2) is 19.7 Å². The predicted octanol–water partition coefficient (Wildman–Crippen LogP) is 3.47. The first-order valence-electron chi connectivity index (χ1n) is 6.24. The third-order valence-corrected chi connectivity index (χ3v) is 3.90. The van der Waals surface area contributed by atoms with Crippen LogP contribution in [0.1, 0.15) is 0 Å². The van der Waals surface area contributed by atoms with Crippen LogP contribution in [0.2, 0.25) is 0 Å². The second-order valence-corrected chi connectivity index (χ2v) is 5.58. The van der Waals surface area contributed by atoms with Gasteiger partial charge in [-0.25, -0.2) is 0 Å². The number of hydrogen-bond donors (Lipinski definition) is 0. The fraction of sp³-hybridized carbons (Fsp3) is 0. The summed E-state index contributed by atoms with van der Waals surface area (Å²) < 4.78 is 0. The van der Waals surface area contributed by atoms with Crippen molar-refractivity contribution < 1.29 is 19.7 Å². The zero-order chi connectivity index (χ0) is 18.7. The summed E-state index contributed by atoms with van der Waals surface area (Å²) >= 11 is 0.837. The molecule has 0 aliphatic heterocycles. The molecule has 2 aromatic rings. The number of nitro benzene ring substituents is 4. The minimum absolute atomic E-state index is 0.209. The molecule has 2 aromatic carbocycles. The van der Waals surface area contributed by atoms with Crippen molar-refractivity contribution >= 4 is 34.5 Å². The van der Waals surface area contributed by atoms with Gasteiger partial charge in [0, 0.05) is 34.1 Å². The molecule has 0 radical (unpaired) electrons. The van der Waals surface area contributed by atoms with Gasteiger partial charge in [0.2, 0.25) is 0 Å². The van der Waals surface area contributed by atoms with Crippen LogP contribution in [0.15, 0.2) is 46.2 Å². The monoisotopic (exact) mass is 366 g/mol. The Hall–Kier alpha value is -3.61. The second kappa shape index (κ2) is 6.88. The summed E-state index contributed by atoms with van der Waals surface area (Å²) in [4.78, 5) is 40.2. The first-order chi connectivity index (χ1) is 11.7. The van der Waals surface area contributed by atoms with E-state index in [0.29, 0.717) is 0 Å². The summed E-state index contributed by atoms with van der Waals surface area (Å²) in [6.07, 6.45) is 0. The van der Waals surface area contributed by atoms with Crippen molar-refractivity contribution in [2.24, 2.45) is 0 Å². The Morgan fingerprint density at radius 1 is 0.560 bits per heavy atom. The molecular weight excluding hydrogens is 360 g/mol. The van der Waals surface area contributed by atoms with Crippen LogP contribution < -0.4 is 0 Å². The van der Waals surface area contributed by atoms with E-state index in [1.165, 1.54) is 12.1 Å². The molecule has 0 amide bonds. The highest BCUT2D eigenvalue weighted by Crippen LogP contribution is 2.38. The molecule has 0 spiro atoms. The third kappa shape index (κ3) is 3.84. The quantitative estimate of drug-likeness (QED) is 0.547. The standard InChI is InChI=1S/C12H6N4O8S/c17-13(18)9-3-1-7(5-11(9)15(21)22)25-8-2-4-10(14(19)20)12(6-8)16(23)24/h1-6H. The van der Waals surface area contributed by atoms with E-state index in [2.05, 4.69) is 0 Å².